The second-order valence-electron chi connectivity index (χ2n) is 7.52. The summed E-state index contributed by atoms with van der Waals surface area (Å²) in [6, 6.07) is 3.45. The molecule has 2 aromatic heterocycles. The third-order valence-corrected chi connectivity index (χ3v) is 5.44. The van der Waals surface area contributed by atoms with E-state index in [4.69, 9.17) is 5.11 Å². The zero-order valence-electron chi connectivity index (χ0n) is 16.6. The Labute approximate surface area is 179 Å². The summed E-state index contributed by atoms with van der Waals surface area (Å²) in [6.07, 6.45) is -0.426. The molecule has 0 bridgehead atoms. The van der Waals surface area contributed by atoms with Crippen LogP contribution in [0.25, 0.3) is 10.9 Å². The molecule has 1 aliphatic heterocycles. The van der Waals surface area contributed by atoms with Gasteiger partial charge in [0, 0.05) is 25.5 Å². The highest BCUT2D eigenvalue weighted by molar-refractivity contribution is 6.07. The van der Waals surface area contributed by atoms with Crippen LogP contribution in [0.4, 0.5) is 22.4 Å². The summed E-state index contributed by atoms with van der Waals surface area (Å²) in [4.78, 5) is 28.2. The van der Waals surface area contributed by atoms with Crippen molar-refractivity contribution in [3.8, 4) is 0 Å². The van der Waals surface area contributed by atoms with E-state index in [1.54, 1.807) is 0 Å². The van der Waals surface area contributed by atoms with Crippen molar-refractivity contribution in [2.75, 3.05) is 13.1 Å². The number of alkyl halides is 1. The molecule has 2 unspecified atom stereocenters. The molecule has 4 rings (SSSR count). The molecular weight excluding hydrogens is 432 g/mol. The van der Waals surface area contributed by atoms with Gasteiger partial charge in [0.25, 0.3) is 5.91 Å². The van der Waals surface area contributed by atoms with Crippen LogP contribution in [-0.4, -0.2) is 56.9 Å². The molecule has 7 nitrogen and oxygen atoms in total. The van der Waals surface area contributed by atoms with E-state index in [2.05, 4.69) is 10.3 Å². The van der Waals surface area contributed by atoms with Gasteiger partial charge in [-0.2, -0.15) is 4.39 Å². The molecule has 2 atom stereocenters. The number of fused-ring (bicyclic) bond motifs is 1. The van der Waals surface area contributed by atoms with Crippen molar-refractivity contribution in [1.82, 2.24) is 19.8 Å². The fraction of sp³-hybridized carbons (Fsp3) is 0.286. The van der Waals surface area contributed by atoms with Crippen molar-refractivity contribution in [3.05, 3.63) is 65.4 Å². The van der Waals surface area contributed by atoms with E-state index < -0.39 is 48.3 Å². The fourth-order valence-corrected chi connectivity index (χ4v) is 3.88. The van der Waals surface area contributed by atoms with Crippen molar-refractivity contribution < 1.29 is 32.3 Å². The third kappa shape index (κ3) is 4.10. The average molecular weight is 450 g/mol. The molecule has 1 aliphatic rings. The van der Waals surface area contributed by atoms with E-state index in [1.165, 1.54) is 23.0 Å². The molecule has 3 heterocycles. The summed E-state index contributed by atoms with van der Waals surface area (Å²) in [6.45, 7) is -0.440. The number of rotatable bonds is 4. The Morgan fingerprint density at radius 3 is 2.62 bits per heavy atom. The number of nitrogens with zero attached hydrogens (tertiary/aromatic N) is 3. The van der Waals surface area contributed by atoms with Gasteiger partial charge in [0.2, 0.25) is 5.95 Å². The zero-order chi connectivity index (χ0) is 23.0. The molecule has 11 heteroatoms. The maximum atomic E-state index is 14.6. The Balaban J connectivity index is 1.66. The van der Waals surface area contributed by atoms with Gasteiger partial charge in [-0.05, 0) is 36.2 Å². The Bertz CT molecular complexity index is 1200. The lowest BCUT2D eigenvalue weighted by Gasteiger charge is -2.33. The van der Waals surface area contributed by atoms with Crippen LogP contribution in [0.2, 0.25) is 0 Å². The Morgan fingerprint density at radius 1 is 1.19 bits per heavy atom. The first-order valence-corrected chi connectivity index (χ1v) is 9.74. The molecule has 1 aromatic carbocycles. The summed E-state index contributed by atoms with van der Waals surface area (Å²) < 4.78 is 58.4. The number of halogens is 4. The van der Waals surface area contributed by atoms with Crippen LogP contribution in [0.3, 0.4) is 0 Å². The Morgan fingerprint density at radius 2 is 1.94 bits per heavy atom. The molecule has 0 saturated carbocycles. The molecule has 0 radical (unpaired) electrons. The maximum Gasteiger partial charge on any atom is 0.407 e. The van der Waals surface area contributed by atoms with Gasteiger partial charge in [0.1, 0.15) is 17.8 Å². The number of hydrogen-bond donors (Lipinski definition) is 2. The van der Waals surface area contributed by atoms with Crippen LogP contribution >= 0.6 is 0 Å². The number of likely N-dealkylation sites (tertiary alicyclic amines) is 1. The molecule has 2 N–H and O–H groups in total. The van der Waals surface area contributed by atoms with Crippen molar-refractivity contribution in [3.63, 3.8) is 0 Å². The molecule has 2 amide bonds. The van der Waals surface area contributed by atoms with Gasteiger partial charge in [-0.3, -0.25) is 4.79 Å². The number of amides is 2. The lowest BCUT2D eigenvalue weighted by Crippen LogP contribution is -2.53. The van der Waals surface area contributed by atoms with Crippen molar-refractivity contribution in [1.29, 1.82) is 0 Å². The summed E-state index contributed by atoms with van der Waals surface area (Å²) in [5, 5.41) is 11.2. The van der Waals surface area contributed by atoms with Crippen LogP contribution in [0.5, 0.6) is 0 Å². The second kappa shape index (κ2) is 8.48. The summed E-state index contributed by atoms with van der Waals surface area (Å²) in [5.74, 6) is -3.20. The van der Waals surface area contributed by atoms with Crippen molar-refractivity contribution >= 4 is 22.9 Å². The van der Waals surface area contributed by atoms with Crippen LogP contribution in [0.15, 0.2) is 36.7 Å². The highest BCUT2D eigenvalue weighted by atomic mass is 19.1. The minimum Gasteiger partial charge on any atom is -0.465 e. The lowest BCUT2D eigenvalue weighted by atomic mass is 10.0. The van der Waals surface area contributed by atoms with E-state index in [0.717, 1.165) is 23.1 Å². The molecule has 0 aliphatic carbocycles. The first-order chi connectivity index (χ1) is 15.2. The number of benzene rings is 1. The van der Waals surface area contributed by atoms with Crippen LogP contribution in [0, 0.1) is 17.6 Å². The molecule has 0 spiro atoms. The molecule has 3 aromatic rings. The van der Waals surface area contributed by atoms with E-state index >= 15 is 0 Å². The smallest absolute Gasteiger partial charge is 0.407 e. The second-order valence-corrected chi connectivity index (χ2v) is 7.52. The van der Waals surface area contributed by atoms with Crippen molar-refractivity contribution in [2.24, 2.45) is 0 Å². The normalized spacial score (nSPS) is 18.7. The largest absolute Gasteiger partial charge is 0.465 e. The highest BCUT2D eigenvalue weighted by Gasteiger charge is 2.33. The number of pyridine rings is 1. The van der Waals surface area contributed by atoms with Crippen LogP contribution in [0.1, 0.15) is 22.3 Å². The SMILES string of the molecule is O=C(NC1CCN(C(=O)O)CC1F)c1cn(Cc2ccnc(F)c2)c2c(F)ccc(F)c12. The molecule has 1 saturated heterocycles. The Hall–Kier alpha value is -3.63. The maximum absolute atomic E-state index is 14.6. The van der Waals surface area contributed by atoms with E-state index in [0.29, 0.717) is 5.56 Å². The minimum absolute atomic E-state index is 0.0268. The predicted molar refractivity (Wildman–Crippen MR) is 106 cm³/mol. The average Bonchev–Trinajstić information content (AvgIpc) is 3.12. The fourth-order valence-electron chi connectivity index (χ4n) is 3.88. The number of nitrogens with one attached hydrogen (secondary N) is 1. The number of aromatic nitrogens is 2. The number of hydrogen-bond acceptors (Lipinski definition) is 3. The number of carboxylic acid groups (broad SMARTS) is 1. The number of carbonyl (C=O) groups is 2. The number of carbonyl (C=O) groups excluding carboxylic acids is 1. The Kier molecular flexibility index (Phi) is 5.72. The third-order valence-electron chi connectivity index (χ3n) is 5.44. The van der Waals surface area contributed by atoms with E-state index in [-0.39, 0.29) is 36.0 Å². The van der Waals surface area contributed by atoms with Gasteiger partial charge in [0.05, 0.1) is 29.1 Å². The van der Waals surface area contributed by atoms with Crippen LogP contribution < -0.4 is 5.32 Å². The standard InChI is InChI=1S/C21H18F4N4O3/c22-13-1-2-14(23)19-18(13)12(9-29(19)8-11-3-5-26-17(25)7-11)20(30)27-16-4-6-28(21(31)32)10-15(16)24/h1-3,5,7,9,15-16H,4,6,8,10H2,(H,27,30)(H,31,32). The highest BCUT2D eigenvalue weighted by Crippen LogP contribution is 2.28. The summed E-state index contributed by atoms with van der Waals surface area (Å²) in [5.41, 5.74) is 0.0131. The molecular formula is C21H18F4N4O3. The quantitative estimate of drug-likeness (QED) is 0.472. The lowest BCUT2D eigenvalue weighted by molar-refractivity contribution is 0.0753. The first-order valence-electron chi connectivity index (χ1n) is 9.74. The van der Waals surface area contributed by atoms with Crippen molar-refractivity contribution in [2.45, 2.75) is 25.2 Å². The van der Waals surface area contributed by atoms with Gasteiger partial charge in [-0.25, -0.2) is 22.9 Å². The van der Waals surface area contributed by atoms with Gasteiger partial charge in [0.15, 0.2) is 0 Å². The topological polar surface area (TPSA) is 87.5 Å². The number of piperidine rings is 1. The molecule has 1 fully saturated rings. The van der Waals surface area contributed by atoms with E-state index in [1.807, 2.05) is 0 Å². The van der Waals surface area contributed by atoms with Gasteiger partial charge in [-0.1, -0.05) is 0 Å². The first kappa shape index (κ1) is 21.6. The van der Waals surface area contributed by atoms with Gasteiger partial charge in [-0.15, -0.1) is 0 Å². The molecule has 168 valence electrons. The summed E-state index contributed by atoms with van der Waals surface area (Å²) in [7, 11) is 0. The zero-order valence-corrected chi connectivity index (χ0v) is 16.6. The molecule has 32 heavy (non-hydrogen) atoms. The van der Waals surface area contributed by atoms with E-state index in [9.17, 15) is 27.2 Å². The monoisotopic (exact) mass is 450 g/mol. The van der Waals surface area contributed by atoms with Gasteiger partial charge >= 0.3 is 6.09 Å². The predicted octanol–water partition coefficient (Wildman–Crippen LogP) is 3.32. The minimum atomic E-state index is -1.65. The van der Waals surface area contributed by atoms with Crippen LogP contribution in [-0.2, 0) is 6.54 Å². The van der Waals surface area contributed by atoms with Gasteiger partial charge < -0.3 is 19.9 Å². The summed E-state index contributed by atoms with van der Waals surface area (Å²) >= 11 is 0.